The minimum Gasteiger partial charge on any atom is -0.378 e. The largest absolute Gasteiger partial charge is 0.378 e. The average Bonchev–Trinajstić information content (AvgIpc) is 3.25. The van der Waals surface area contributed by atoms with E-state index in [4.69, 9.17) is 0 Å². The number of thioether (sulfide) groups is 1. The number of benzene rings is 1. The number of aromatic nitrogens is 3. The van der Waals surface area contributed by atoms with E-state index in [-0.39, 0.29) is 11.1 Å². The number of imide groups is 1. The lowest BCUT2D eigenvalue weighted by Gasteiger charge is -2.32. The second-order valence-electron chi connectivity index (χ2n) is 9.69. The fourth-order valence-corrected chi connectivity index (χ4v) is 5.22. The predicted molar refractivity (Wildman–Crippen MR) is 152 cm³/mol. The van der Waals surface area contributed by atoms with Gasteiger partial charge >= 0.3 is 0 Å². The number of anilines is 2. The molecule has 2 aliphatic rings. The first-order chi connectivity index (χ1) is 18.4. The lowest BCUT2D eigenvalue weighted by Crippen LogP contribution is -2.38. The molecular formula is C28H31N7O2S. The Balaban J connectivity index is 1.09. The first-order valence-electron chi connectivity index (χ1n) is 12.7. The topological polar surface area (TPSA) is 103 Å². The van der Waals surface area contributed by atoms with Crippen LogP contribution in [0.3, 0.4) is 0 Å². The van der Waals surface area contributed by atoms with Gasteiger partial charge in [0.05, 0.1) is 16.3 Å². The van der Waals surface area contributed by atoms with E-state index in [0.717, 1.165) is 67.7 Å². The van der Waals surface area contributed by atoms with Gasteiger partial charge in [-0.15, -0.1) is 0 Å². The highest BCUT2D eigenvalue weighted by Crippen LogP contribution is 2.26. The monoisotopic (exact) mass is 529 g/mol. The molecule has 38 heavy (non-hydrogen) atoms. The Labute approximate surface area is 226 Å². The highest BCUT2D eigenvalue weighted by Gasteiger charge is 2.25. The molecule has 0 bridgehead atoms. The molecule has 2 N–H and O–H groups in total. The summed E-state index contributed by atoms with van der Waals surface area (Å²) in [7, 11) is 4.08. The number of pyridine rings is 1. The molecular weight excluding hydrogens is 498 g/mol. The van der Waals surface area contributed by atoms with Gasteiger partial charge < -0.3 is 15.1 Å². The molecule has 0 unspecified atom stereocenters. The maximum Gasteiger partial charge on any atom is 0.290 e. The zero-order chi connectivity index (χ0) is 26.5. The van der Waals surface area contributed by atoms with Crippen LogP contribution < -0.4 is 20.4 Å². The van der Waals surface area contributed by atoms with Crippen molar-refractivity contribution in [3.8, 4) is 11.3 Å². The molecule has 9 nitrogen and oxygen atoms in total. The van der Waals surface area contributed by atoms with Gasteiger partial charge in [0, 0.05) is 57.4 Å². The van der Waals surface area contributed by atoms with Crippen LogP contribution in [0.2, 0.25) is 0 Å². The Bertz CT molecular complexity index is 1340. The van der Waals surface area contributed by atoms with E-state index in [2.05, 4.69) is 71.8 Å². The van der Waals surface area contributed by atoms with Crippen LogP contribution in [0, 0.1) is 5.92 Å². The van der Waals surface area contributed by atoms with E-state index in [9.17, 15) is 9.59 Å². The second-order valence-corrected chi connectivity index (χ2v) is 10.7. The molecule has 5 rings (SSSR count). The maximum absolute atomic E-state index is 11.8. The molecule has 3 aromatic rings. The maximum atomic E-state index is 11.8. The molecule has 196 valence electrons. The lowest BCUT2D eigenvalue weighted by atomic mass is 9.97. The summed E-state index contributed by atoms with van der Waals surface area (Å²) >= 11 is 0.892. The Morgan fingerprint density at radius 1 is 1.13 bits per heavy atom. The third-order valence-electron chi connectivity index (χ3n) is 6.73. The Hall–Kier alpha value is -3.76. The van der Waals surface area contributed by atoms with Crippen LogP contribution in [0.15, 0.2) is 59.8 Å². The molecule has 0 saturated carbocycles. The number of piperidine rings is 1. The molecule has 2 saturated heterocycles. The van der Waals surface area contributed by atoms with E-state index in [1.807, 2.05) is 20.3 Å². The number of amides is 2. The summed E-state index contributed by atoms with van der Waals surface area (Å²) in [5.41, 5.74) is 5.05. The summed E-state index contributed by atoms with van der Waals surface area (Å²) in [6.45, 7) is 3.50. The molecule has 2 fully saturated rings. The SMILES string of the molecule is CN(C)c1cccc(-c2ccc(CNCC3CCN(c4nccc(/C=C5/SC(=O)NC5=O)n4)CC3)cn2)c1. The molecule has 0 aliphatic carbocycles. The summed E-state index contributed by atoms with van der Waals surface area (Å²) in [4.78, 5) is 41.5. The second kappa shape index (κ2) is 11.7. The van der Waals surface area contributed by atoms with Crippen molar-refractivity contribution in [3.63, 3.8) is 0 Å². The number of rotatable bonds is 8. The minimum absolute atomic E-state index is 0.354. The predicted octanol–water partition coefficient (Wildman–Crippen LogP) is 3.93. The van der Waals surface area contributed by atoms with Crippen LogP contribution in [0.4, 0.5) is 16.4 Å². The van der Waals surface area contributed by atoms with Crippen LogP contribution in [0.25, 0.3) is 17.3 Å². The van der Waals surface area contributed by atoms with E-state index in [0.29, 0.717) is 22.5 Å². The van der Waals surface area contributed by atoms with Gasteiger partial charge in [0.15, 0.2) is 0 Å². The smallest absolute Gasteiger partial charge is 0.290 e. The first-order valence-corrected chi connectivity index (χ1v) is 13.5. The average molecular weight is 530 g/mol. The van der Waals surface area contributed by atoms with Gasteiger partial charge in [0.2, 0.25) is 5.95 Å². The quantitative estimate of drug-likeness (QED) is 0.420. The molecule has 1 aromatic carbocycles. The minimum atomic E-state index is -0.380. The molecule has 0 atom stereocenters. The van der Waals surface area contributed by atoms with Crippen LogP contribution >= 0.6 is 11.8 Å². The first kappa shape index (κ1) is 25.9. The fourth-order valence-electron chi connectivity index (χ4n) is 4.55. The van der Waals surface area contributed by atoms with Gasteiger partial charge in [-0.05, 0) is 73.0 Å². The van der Waals surface area contributed by atoms with Crippen LogP contribution in [-0.4, -0.2) is 59.8 Å². The van der Waals surface area contributed by atoms with E-state index < -0.39 is 0 Å². The molecule has 0 spiro atoms. The molecule has 2 aliphatic heterocycles. The molecule has 0 radical (unpaired) electrons. The van der Waals surface area contributed by atoms with Crippen molar-refractivity contribution in [2.75, 3.05) is 43.5 Å². The summed E-state index contributed by atoms with van der Waals surface area (Å²) in [6.07, 6.45) is 7.38. The summed E-state index contributed by atoms with van der Waals surface area (Å²) in [6, 6.07) is 14.4. The van der Waals surface area contributed by atoms with E-state index >= 15 is 0 Å². The van der Waals surface area contributed by atoms with E-state index in [1.54, 1.807) is 18.3 Å². The zero-order valence-electron chi connectivity index (χ0n) is 21.6. The summed E-state index contributed by atoms with van der Waals surface area (Å²) < 4.78 is 0. The number of hydrogen-bond donors (Lipinski definition) is 2. The van der Waals surface area contributed by atoms with Gasteiger partial charge in [-0.3, -0.25) is 19.9 Å². The number of carbonyl (C=O) groups excluding carboxylic acids is 2. The molecule has 2 amide bonds. The van der Waals surface area contributed by atoms with Crippen molar-refractivity contribution >= 4 is 40.6 Å². The lowest BCUT2D eigenvalue weighted by molar-refractivity contribution is -0.115. The summed E-state index contributed by atoms with van der Waals surface area (Å²) in [5.74, 6) is 0.861. The van der Waals surface area contributed by atoms with Crippen molar-refractivity contribution in [2.24, 2.45) is 5.92 Å². The third-order valence-corrected chi connectivity index (χ3v) is 7.54. The number of carbonyl (C=O) groups is 2. The van der Waals surface area contributed by atoms with Crippen LogP contribution in [-0.2, 0) is 11.3 Å². The highest BCUT2D eigenvalue weighted by molar-refractivity contribution is 8.18. The van der Waals surface area contributed by atoms with Gasteiger partial charge in [-0.2, -0.15) is 0 Å². The van der Waals surface area contributed by atoms with Crippen molar-refractivity contribution in [1.29, 1.82) is 0 Å². The van der Waals surface area contributed by atoms with Crippen molar-refractivity contribution in [2.45, 2.75) is 19.4 Å². The number of nitrogens with zero attached hydrogens (tertiary/aromatic N) is 5. The number of hydrogen-bond acceptors (Lipinski definition) is 9. The highest BCUT2D eigenvalue weighted by atomic mass is 32.2. The molecule has 2 aromatic heterocycles. The van der Waals surface area contributed by atoms with Crippen LogP contribution in [0.5, 0.6) is 0 Å². The summed E-state index contributed by atoms with van der Waals surface area (Å²) in [5, 5.41) is 5.50. The number of nitrogens with one attached hydrogen (secondary N) is 2. The fraction of sp³-hybridized carbons (Fsp3) is 0.321. The normalized spacial score (nSPS) is 17.2. The molecule has 10 heteroatoms. The van der Waals surface area contributed by atoms with Crippen LogP contribution in [0.1, 0.15) is 24.1 Å². The van der Waals surface area contributed by atoms with Gasteiger partial charge in [0.25, 0.3) is 11.1 Å². The Morgan fingerprint density at radius 3 is 2.68 bits per heavy atom. The van der Waals surface area contributed by atoms with Gasteiger partial charge in [-0.1, -0.05) is 18.2 Å². The van der Waals surface area contributed by atoms with Gasteiger partial charge in [0.1, 0.15) is 0 Å². The standard InChI is InChI=1S/C28H31N7O2S/c1-34(2)23-5-3-4-21(14-23)24-7-6-20(18-31-24)17-29-16-19-9-12-35(13-10-19)27-30-11-8-22(32-27)15-25-26(36)33-28(37)38-25/h3-8,11,14-15,18-19,29H,9-10,12-13,16-17H2,1-2H3,(H,33,36,37)/b25-15+. The van der Waals surface area contributed by atoms with Crippen molar-refractivity contribution in [1.82, 2.24) is 25.6 Å². The van der Waals surface area contributed by atoms with Gasteiger partial charge in [-0.25, -0.2) is 9.97 Å². The third kappa shape index (κ3) is 6.38. The zero-order valence-corrected chi connectivity index (χ0v) is 22.4. The molecule has 4 heterocycles. The van der Waals surface area contributed by atoms with E-state index in [1.165, 1.54) is 5.56 Å². The Morgan fingerprint density at radius 2 is 1.97 bits per heavy atom. The van der Waals surface area contributed by atoms with Crippen molar-refractivity contribution in [3.05, 3.63) is 71.0 Å². The van der Waals surface area contributed by atoms with Crippen molar-refractivity contribution < 1.29 is 9.59 Å². The Kier molecular flexibility index (Phi) is 8.00.